The molecule has 0 aliphatic heterocycles. The zero-order valence-electron chi connectivity index (χ0n) is 2.92. The van der Waals surface area contributed by atoms with Gasteiger partial charge in [0.05, 0.1) is 0 Å². The predicted molar refractivity (Wildman–Crippen MR) is 32.8 cm³/mol. The third kappa shape index (κ3) is 208. The molecule has 0 radical (unpaired) electrons. The number of halogens is 1. The van der Waals surface area contributed by atoms with Gasteiger partial charge in [0, 0.05) is 0 Å². The van der Waals surface area contributed by atoms with Gasteiger partial charge >= 0.3 is 43.9 Å². The summed E-state index contributed by atoms with van der Waals surface area (Å²) in [5, 5.41) is 13.9. The molecule has 0 aromatic rings. The Morgan fingerprint density at radius 3 is 1.29 bits per heavy atom. The van der Waals surface area contributed by atoms with Crippen molar-refractivity contribution >= 4 is 53.8 Å². The van der Waals surface area contributed by atoms with Crippen LogP contribution in [0, 0.1) is 0 Å². The van der Waals surface area contributed by atoms with Crippen molar-refractivity contribution in [3.63, 3.8) is 0 Å². The van der Waals surface area contributed by atoms with Crippen molar-refractivity contribution in [3.05, 3.63) is 0 Å². The molecular weight excluding hydrogens is 150 g/mol. The van der Waals surface area contributed by atoms with Crippen LogP contribution in [0.2, 0.25) is 0 Å². The molecule has 7 heavy (non-hydrogen) atoms. The van der Waals surface area contributed by atoms with Gasteiger partial charge in [-0.3, -0.25) is 4.70 Å². The molecule has 3 nitrogen and oxygen atoms in total. The molecule has 1 unspecified atom stereocenters. The molecule has 0 aliphatic rings. The fourth-order valence-electron chi connectivity index (χ4n) is 0. The number of carboxylic acid groups (broad SMARTS) is 2. The summed E-state index contributed by atoms with van der Waals surface area (Å²) in [5.41, 5.74) is 0. The van der Waals surface area contributed by atoms with Crippen LogP contribution in [0.5, 0.6) is 0 Å². The zero-order valence-corrected chi connectivity index (χ0v) is 4.33. The van der Waals surface area contributed by atoms with Crippen molar-refractivity contribution in [2.24, 2.45) is 0 Å². The summed E-state index contributed by atoms with van der Waals surface area (Å²) in [4.78, 5) is 8.56. The van der Waals surface area contributed by atoms with E-state index in [0.29, 0.717) is 0 Å². The van der Waals surface area contributed by atoms with E-state index in [-0.39, 0.29) is 52.3 Å². The normalized spacial score (nSPS) is 3.43. The van der Waals surface area contributed by atoms with Crippen molar-refractivity contribution in [1.82, 2.24) is 0 Å². The molecule has 0 aromatic carbocycles. The summed E-state index contributed by atoms with van der Waals surface area (Å²) in [5.74, 6) is 0. The molecule has 2 N–H and O–H groups in total. The first-order chi connectivity index (χ1) is 1.73. The van der Waals surface area contributed by atoms with Gasteiger partial charge in [0.1, 0.15) is 0 Å². The van der Waals surface area contributed by atoms with Gasteiger partial charge in [0.15, 0.2) is 0 Å². The Hall–Kier alpha value is 0.890. The first kappa shape index (κ1) is 24.8. The van der Waals surface area contributed by atoms with Crippen molar-refractivity contribution < 1.29 is 19.7 Å². The summed E-state index contributed by atoms with van der Waals surface area (Å²) in [6.07, 6.45) is -1.83. The van der Waals surface area contributed by atoms with Crippen molar-refractivity contribution in [2.45, 2.75) is 0 Å². The van der Waals surface area contributed by atoms with E-state index in [1.165, 1.54) is 0 Å². The van der Waals surface area contributed by atoms with Gasteiger partial charge in [-0.25, -0.2) is 4.79 Å². The van der Waals surface area contributed by atoms with Crippen molar-refractivity contribution in [3.8, 4) is 0 Å². The van der Waals surface area contributed by atoms with E-state index >= 15 is 0 Å². The van der Waals surface area contributed by atoms with Crippen LogP contribution in [0.3, 0.4) is 0 Å². The van der Waals surface area contributed by atoms with E-state index < -0.39 is 6.16 Å². The fourth-order valence-corrected chi connectivity index (χ4v) is 0. The second-order valence-electron chi connectivity index (χ2n) is 0.283. The first-order valence-electron chi connectivity index (χ1n) is 0.651. The number of hydrogen-bond donors (Lipinski definition) is 2. The Labute approximate surface area is 73.1 Å². The van der Waals surface area contributed by atoms with Crippen LogP contribution in [-0.4, -0.2) is 54.1 Å². The molecular formula is CH8CaFO3P. The average molecular weight is 158 g/mol. The van der Waals surface area contributed by atoms with Crippen LogP contribution in [0.1, 0.15) is 0 Å². The molecule has 0 aliphatic carbocycles. The number of hydrogen-bond acceptors (Lipinski definition) is 1. The van der Waals surface area contributed by atoms with E-state index in [2.05, 4.69) is 0 Å². The van der Waals surface area contributed by atoms with Crippen LogP contribution >= 0.6 is 9.90 Å². The number of rotatable bonds is 0. The molecule has 0 saturated carbocycles. The molecule has 44 valence electrons. The van der Waals surface area contributed by atoms with Crippen LogP contribution in [-0.2, 0) is 0 Å². The van der Waals surface area contributed by atoms with Crippen LogP contribution in [0.25, 0.3) is 0 Å². The SMILES string of the molecule is F.O=C(O)O.P.[CaH2]. The Kier molecular flexibility index (Phi) is 55.9. The van der Waals surface area contributed by atoms with Crippen LogP contribution in [0.15, 0.2) is 0 Å². The predicted octanol–water partition coefficient (Wildman–Crippen LogP) is -0.483. The van der Waals surface area contributed by atoms with E-state index in [0.717, 1.165) is 0 Å². The molecule has 0 heterocycles. The molecule has 0 amide bonds. The quantitative estimate of drug-likeness (QED) is 0.369. The Balaban J connectivity index is -0.0000000150. The molecule has 0 aromatic heterocycles. The Bertz CT molecular complexity index is 37.9. The monoisotopic (exact) mass is 158 g/mol. The van der Waals surface area contributed by atoms with Gasteiger partial charge in [-0.15, -0.1) is 0 Å². The Morgan fingerprint density at radius 1 is 1.29 bits per heavy atom. The molecule has 0 saturated heterocycles. The number of carbonyl (C=O) groups is 1. The maximum atomic E-state index is 8.56. The van der Waals surface area contributed by atoms with Crippen molar-refractivity contribution in [2.75, 3.05) is 0 Å². The van der Waals surface area contributed by atoms with E-state index in [9.17, 15) is 0 Å². The fraction of sp³-hybridized carbons (Fsp3) is 0. The van der Waals surface area contributed by atoms with Crippen LogP contribution < -0.4 is 0 Å². The minimum atomic E-state index is -1.83. The molecule has 1 atom stereocenters. The second-order valence-corrected chi connectivity index (χ2v) is 0.283. The van der Waals surface area contributed by atoms with E-state index in [4.69, 9.17) is 15.0 Å². The average Bonchev–Trinajstić information content (AvgIpc) is 0.811. The summed E-state index contributed by atoms with van der Waals surface area (Å²) in [6.45, 7) is 0. The second kappa shape index (κ2) is 15.8. The molecule has 0 bridgehead atoms. The van der Waals surface area contributed by atoms with Gasteiger partial charge in [-0.2, -0.15) is 9.90 Å². The summed E-state index contributed by atoms with van der Waals surface area (Å²) in [6, 6.07) is 0. The van der Waals surface area contributed by atoms with Crippen molar-refractivity contribution in [1.29, 1.82) is 0 Å². The van der Waals surface area contributed by atoms with E-state index in [1.807, 2.05) is 0 Å². The van der Waals surface area contributed by atoms with Crippen LogP contribution in [0.4, 0.5) is 9.50 Å². The molecule has 0 fully saturated rings. The third-order valence-corrected chi connectivity index (χ3v) is 0. The van der Waals surface area contributed by atoms with Gasteiger partial charge in [0.2, 0.25) is 0 Å². The molecule has 0 rings (SSSR count). The third-order valence-electron chi connectivity index (χ3n) is 0. The molecule has 0 spiro atoms. The van der Waals surface area contributed by atoms with Gasteiger partial charge < -0.3 is 10.2 Å². The van der Waals surface area contributed by atoms with Gasteiger partial charge in [0.25, 0.3) is 0 Å². The standard InChI is InChI=1S/CH2O3.Ca.FH.H3P.2H/c2-1(3)4;;;;;/h(H2,2,3,4);;1H;1H3;;. The zero-order chi connectivity index (χ0) is 3.58. The van der Waals surface area contributed by atoms with Gasteiger partial charge in [-0.1, -0.05) is 0 Å². The minimum absolute atomic E-state index is 0. The first-order valence-corrected chi connectivity index (χ1v) is 0.651. The van der Waals surface area contributed by atoms with Gasteiger partial charge in [-0.05, 0) is 0 Å². The van der Waals surface area contributed by atoms with E-state index in [1.54, 1.807) is 0 Å². The Morgan fingerprint density at radius 2 is 1.29 bits per heavy atom. The maximum absolute atomic E-state index is 8.56. The summed E-state index contributed by atoms with van der Waals surface area (Å²) < 4.78 is 0. The topological polar surface area (TPSA) is 57.5 Å². The molecule has 6 heteroatoms. The summed E-state index contributed by atoms with van der Waals surface area (Å²) in [7, 11) is 0. The summed E-state index contributed by atoms with van der Waals surface area (Å²) >= 11 is 0.